The van der Waals surface area contributed by atoms with Crippen molar-refractivity contribution >= 4 is 11.6 Å². The summed E-state index contributed by atoms with van der Waals surface area (Å²) in [6, 6.07) is 0. The molecule has 1 rings (SSSR count). The lowest BCUT2D eigenvalue weighted by molar-refractivity contribution is -0.132. The highest BCUT2D eigenvalue weighted by molar-refractivity contribution is 6.48. The van der Waals surface area contributed by atoms with Crippen LogP contribution in [0.4, 0.5) is 0 Å². The minimum Gasteiger partial charge on any atom is -0.508 e. The van der Waals surface area contributed by atoms with Gasteiger partial charge in [0.1, 0.15) is 5.76 Å². The minimum atomic E-state index is -0.607. The summed E-state index contributed by atoms with van der Waals surface area (Å²) in [4.78, 5) is 22.7. The Balaban J connectivity index is 2.82. The standard InChI is InChI=1S/C12H16O3/c1-3-4-5-6-9-8(2)10(13)7-11(14)12(9)15/h7,13H,3-6H2,1-2H3. The van der Waals surface area contributed by atoms with Crippen molar-refractivity contribution in [2.24, 2.45) is 0 Å². The van der Waals surface area contributed by atoms with E-state index < -0.39 is 11.6 Å². The summed E-state index contributed by atoms with van der Waals surface area (Å²) >= 11 is 0. The summed E-state index contributed by atoms with van der Waals surface area (Å²) in [5.74, 6) is -1.13. The molecule has 0 heterocycles. The van der Waals surface area contributed by atoms with Crippen molar-refractivity contribution in [1.29, 1.82) is 0 Å². The number of allylic oxidation sites excluding steroid dienone is 3. The minimum absolute atomic E-state index is 0.0638. The first kappa shape index (κ1) is 11.7. The van der Waals surface area contributed by atoms with Gasteiger partial charge in [-0.1, -0.05) is 19.8 Å². The fraction of sp³-hybridized carbons (Fsp3) is 0.500. The number of Topliss-reactive ketones (excluding diaryl/α,β-unsaturated/α-hetero) is 1. The van der Waals surface area contributed by atoms with Crippen LogP contribution < -0.4 is 0 Å². The summed E-state index contributed by atoms with van der Waals surface area (Å²) in [5, 5.41) is 9.42. The first-order valence-corrected chi connectivity index (χ1v) is 5.27. The number of aliphatic hydroxyl groups is 1. The molecule has 82 valence electrons. The van der Waals surface area contributed by atoms with Crippen LogP contribution in [-0.4, -0.2) is 16.7 Å². The molecule has 0 bridgehead atoms. The Morgan fingerprint density at radius 1 is 1.27 bits per heavy atom. The average Bonchev–Trinajstić information content (AvgIpc) is 2.20. The van der Waals surface area contributed by atoms with Gasteiger partial charge in [-0.2, -0.15) is 0 Å². The molecule has 0 radical (unpaired) electrons. The van der Waals surface area contributed by atoms with Crippen LogP contribution in [0.3, 0.4) is 0 Å². The van der Waals surface area contributed by atoms with Crippen molar-refractivity contribution in [2.75, 3.05) is 0 Å². The molecule has 1 aliphatic rings. The monoisotopic (exact) mass is 208 g/mol. The Bertz CT molecular complexity index is 348. The Hall–Kier alpha value is -1.38. The smallest absolute Gasteiger partial charge is 0.229 e. The number of rotatable bonds is 4. The highest BCUT2D eigenvalue weighted by Gasteiger charge is 2.25. The number of carbonyl (C=O) groups excluding carboxylic acids is 2. The Kier molecular flexibility index (Phi) is 3.83. The van der Waals surface area contributed by atoms with Crippen molar-refractivity contribution in [3.63, 3.8) is 0 Å². The van der Waals surface area contributed by atoms with Crippen LogP contribution >= 0.6 is 0 Å². The van der Waals surface area contributed by atoms with Crippen LogP contribution in [0.5, 0.6) is 0 Å². The quantitative estimate of drug-likeness (QED) is 0.438. The normalized spacial score (nSPS) is 17.1. The van der Waals surface area contributed by atoms with Crippen LogP contribution in [0.2, 0.25) is 0 Å². The molecular weight excluding hydrogens is 192 g/mol. The van der Waals surface area contributed by atoms with Gasteiger partial charge in [0.15, 0.2) is 0 Å². The fourth-order valence-electron chi connectivity index (χ4n) is 1.62. The van der Waals surface area contributed by atoms with Crippen molar-refractivity contribution in [1.82, 2.24) is 0 Å². The highest BCUT2D eigenvalue weighted by Crippen LogP contribution is 2.23. The zero-order valence-electron chi connectivity index (χ0n) is 9.17. The van der Waals surface area contributed by atoms with Crippen molar-refractivity contribution in [2.45, 2.75) is 39.5 Å². The summed E-state index contributed by atoms with van der Waals surface area (Å²) in [7, 11) is 0. The van der Waals surface area contributed by atoms with Gasteiger partial charge in [-0.25, -0.2) is 0 Å². The second-order valence-electron chi connectivity index (χ2n) is 3.78. The van der Waals surface area contributed by atoms with Crippen molar-refractivity contribution in [3.05, 3.63) is 23.0 Å². The molecule has 0 spiro atoms. The van der Waals surface area contributed by atoms with Gasteiger partial charge in [0, 0.05) is 11.6 Å². The Labute approximate surface area is 89.5 Å². The van der Waals surface area contributed by atoms with Gasteiger partial charge in [-0.3, -0.25) is 9.59 Å². The number of aliphatic hydroxyl groups excluding tert-OH is 1. The van der Waals surface area contributed by atoms with Crippen LogP contribution in [-0.2, 0) is 9.59 Å². The van der Waals surface area contributed by atoms with Gasteiger partial charge in [-0.05, 0) is 25.3 Å². The third-order valence-corrected chi connectivity index (χ3v) is 2.63. The zero-order valence-corrected chi connectivity index (χ0v) is 9.17. The van der Waals surface area contributed by atoms with Crippen LogP contribution in [0.1, 0.15) is 39.5 Å². The maximum absolute atomic E-state index is 11.5. The van der Waals surface area contributed by atoms with E-state index in [1.807, 2.05) is 0 Å². The summed E-state index contributed by atoms with van der Waals surface area (Å²) in [6.07, 6.45) is 4.57. The van der Waals surface area contributed by atoms with E-state index >= 15 is 0 Å². The highest BCUT2D eigenvalue weighted by atomic mass is 16.3. The number of hydrogen-bond acceptors (Lipinski definition) is 3. The van der Waals surface area contributed by atoms with Crippen LogP contribution in [0.25, 0.3) is 0 Å². The number of ketones is 2. The summed E-state index contributed by atoms with van der Waals surface area (Å²) in [5.41, 5.74) is 1.03. The van der Waals surface area contributed by atoms with Gasteiger partial charge in [-0.15, -0.1) is 0 Å². The van der Waals surface area contributed by atoms with E-state index in [1.165, 1.54) is 0 Å². The van der Waals surface area contributed by atoms with Crippen LogP contribution in [0, 0.1) is 0 Å². The third-order valence-electron chi connectivity index (χ3n) is 2.63. The molecule has 0 amide bonds. The number of unbranched alkanes of at least 4 members (excludes halogenated alkanes) is 2. The SMILES string of the molecule is CCCCCC1=C(C)C(O)=CC(=O)C1=O. The van der Waals surface area contributed by atoms with Crippen molar-refractivity contribution in [3.8, 4) is 0 Å². The second-order valence-corrected chi connectivity index (χ2v) is 3.78. The van der Waals surface area contributed by atoms with Crippen molar-refractivity contribution < 1.29 is 14.7 Å². The molecule has 0 unspecified atom stereocenters. The van der Waals surface area contributed by atoms with E-state index in [2.05, 4.69) is 6.92 Å². The number of carbonyl (C=O) groups is 2. The fourth-order valence-corrected chi connectivity index (χ4v) is 1.62. The lowest BCUT2D eigenvalue weighted by Crippen LogP contribution is -2.20. The predicted octanol–water partition coefficient (Wildman–Crippen LogP) is 2.48. The summed E-state index contributed by atoms with van der Waals surface area (Å²) < 4.78 is 0. The van der Waals surface area contributed by atoms with E-state index in [0.717, 1.165) is 25.3 Å². The second kappa shape index (κ2) is 4.91. The lowest BCUT2D eigenvalue weighted by atomic mass is 9.91. The molecule has 0 aromatic rings. The lowest BCUT2D eigenvalue weighted by Gasteiger charge is -2.13. The topological polar surface area (TPSA) is 54.4 Å². The predicted molar refractivity (Wildman–Crippen MR) is 57.6 cm³/mol. The largest absolute Gasteiger partial charge is 0.508 e. The zero-order chi connectivity index (χ0) is 11.4. The molecular formula is C12H16O3. The Morgan fingerprint density at radius 3 is 2.53 bits per heavy atom. The van der Waals surface area contributed by atoms with E-state index in [-0.39, 0.29) is 5.76 Å². The van der Waals surface area contributed by atoms with Gasteiger partial charge < -0.3 is 5.11 Å². The third kappa shape index (κ3) is 2.55. The molecule has 0 aromatic heterocycles. The molecule has 0 saturated heterocycles. The molecule has 0 aromatic carbocycles. The first-order chi connectivity index (χ1) is 7.07. The molecule has 0 saturated carbocycles. The molecule has 0 fully saturated rings. The molecule has 1 N–H and O–H groups in total. The molecule has 15 heavy (non-hydrogen) atoms. The van der Waals surface area contributed by atoms with Gasteiger partial charge in [0.2, 0.25) is 11.6 Å². The van der Waals surface area contributed by atoms with E-state index in [0.29, 0.717) is 17.6 Å². The summed E-state index contributed by atoms with van der Waals surface area (Å²) in [6.45, 7) is 3.75. The molecule has 0 aliphatic heterocycles. The first-order valence-electron chi connectivity index (χ1n) is 5.27. The average molecular weight is 208 g/mol. The van der Waals surface area contributed by atoms with Gasteiger partial charge >= 0.3 is 0 Å². The maximum Gasteiger partial charge on any atom is 0.229 e. The maximum atomic E-state index is 11.5. The van der Waals surface area contributed by atoms with E-state index in [4.69, 9.17) is 0 Å². The molecule has 0 atom stereocenters. The van der Waals surface area contributed by atoms with Gasteiger partial charge in [0.25, 0.3) is 0 Å². The molecule has 3 heteroatoms. The Morgan fingerprint density at radius 2 is 1.93 bits per heavy atom. The van der Waals surface area contributed by atoms with E-state index in [9.17, 15) is 14.7 Å². The van der Waals surface area contributed by atoms with Crippen LogP contribution in [0.15, 0.2) is 23.0 Å². The van der Waals surface area contributed by atoms with E-state index in [1.54, 1.807) is 6.92 Å². The number of hydrogen-bond donors (Lipinski definition) is 1. The molecule has 1 aliphatic carbocycles. The molecule has 3 nitrogen and oxygen atoms in total. The van der Waals surface area contributed by atoms with Gasteiger partial charge in [0.05, 0.1) is 0 Å².